The number of hydrogen-bond acceptors (Lipinski definition) is 6. The zero-order valence-corrected chi connectivity index (χ0v) is 10.7. The van der Waals surface area contributed by atoms with Crippen LogP contribution < -0.4 is 11.2 Å². The molecule has 0 aliphatic heterocycles. The summed E-state index contributed by atoms with van der Waals surface area (Å²) in [7, 11) is -1.53. The summed E-state index contributed by atoms with van der Waals surface area (Å²) < 4.78 is 1.54. The van der Waals surface area contributed by atoms with Gasteiger partial charge in [-0.25, -0.2) is 4.98 Å². The van der Waals surface area contributed by atoms with E-state index in [0.29, 0.717) is 28.3 Å². The predicted molar refractivity (Wildman–Crippen MR) is 75.2 cm³/mol. The van der Waals surface area contributed by atoms with Crippen LogP contribution in [0.1, 0.15) is 5.69 Å². The van der Waals surface area contributed by atoms with Crippen molar-refractivity contribution in [3.8, 4) is 11.4 Å². The first-order chi connectivity index (χ1) is 9.54. The second-order valence-electron chi connectivity index (χ2n) is 4.47. The third-order valence-electron chi connectivity index (χ3n) is 2.93. The number of pyridine rings is 1. The van der Waals surface area contributed by atoms with Gasteiger partial charge in [-0.1, -0.05) is 6.07 Å². The van der Waals surface area contributed by atoms with Crippen molar-refractivity contribution in [1.29, 1.82) is 0 Å². The number of rotatable bonds is 2. The first-order valence-electron chi connectivity index (χ1n) is 6.00. The molecule has 0 radical (unpaired) electrons. The molecule has 0 spiro atoms. The highest BCUT2D eigenvalue weighted by Gasteiger charge is 2.13. The van der Waals surface area contributed by atoms with Crippen LogP contribution >= 0.6 is 0 Å². The van der Waals surface area contributed by atoms with Gasteiger partial charge in [0, 0.05) is 29.5 Å². The van der Waals surface area contributed by atoms with Crippen molar-refractivity contribution in [3.63, 3.8) is 0 Å². The van der Waals surface area contributed by atoms with Crippen LogP contribution in [0.25, 0.3) is 17.0 Å². The highest BCUT2D eigenvalue weighted by atomic mass is 16.4. The van der Waals surface area contributed by atoms with E-state index in [2.05, 4.69) is 15.1 Å². The number of anilines is 1. The van der Waals surface area contributed by atoms with Crippen molar-refractivity contribution in [2.75, 3.05) is 5.73 Å². The summed E-state index contributed by atoms with van der Waals surface area (Å²) in [6.07, 6.45) is 1.39. The standard InChI is InChI=1S/C12H12BN5O2/c1-7-4-11(14)18-12(16-7)5-10(17-18)9-3-2-8(6-15-9)13(19)20/h2-6,19-20H,14H2,1H3. The van der Waals surface area contributed by atoms with Gasteiger partial charge in [-0.05, 0) is 13.0 Å². The Labute approximate surface area is 114 Å². The largest absolute Gasteiger partial charge is 0.490 e. The van der Waals surface area contributed by atoms with E-state index >= 15 is 0 Å². The summed E-state index contributed by atoms with van der Waals surface area (Å²) in [5.41, 5.74) is 8.90. The summed E-state index contributed by atoms with van der Waals surface area (Å²) in [6.45, 7) is 1.86. The molecule has 0 saturated heterocycles. The van der Waals surface area contributed by atoms with Crippen LogP contribution in [0.4, 0.5) is 5.82 Å². The molecule has 0 atom stereocenters. The number of aromatic nitrogens is 4. The summed E-state index contributed by atoms with van der Waals surface area (Å²) in [5.74, 6) is 0.501. The maximum absolute atomic E-state index is 9.04. The molecule has 3 heterocycles. The number of nitrogens with two attached hydrogens (primary N) is 1. The van der Waals surface area contributed by atoms with Gasteiger partial charge >= 0.3 is 7.12 Å². The molecule has 4 N–H and O–H groups in total. The third kappa shape index (κ3) is 2.11. The zero-order valence-electron chi connectivity index (χ0n) is 10.7. The Hall–Kier alpha value is -2.45. The van der Waals surface area contributed by atoms with Crippen LogP contribution in [-0.4, -0.2) is 36.7 Å². The van der Waals surface area contributed by atoms with Crippen molar-refractivity contribution < 1.29 is 10.0 Å². The molecule has 3 aromatic rings. The van der Waals surface area contributed by atoms with Crippen molar-refractivity contribution in [2.24, 2.45) is 0 Å². The number of nitrogen functional groups attached to an aromatic ring is 1. The summed E-state index contributed by atoms with van der Waals surface area (Å²) in [5, 5.41) is 22.4. The van der Waals surface area contributed by atoms with Gasteiger partial charge in [-0.15, -0.1) is 0 Å². The van der Waals surface area contributed by atoms with E-state index in [1.807, 2.05) is 6.92 Å². The Morgan fingerprint density at radius 3 is 2.65 bits per heavy atom. The van der Waals surface area contributed by atoms with E-state index in [1.165, 1.54) is 6.20 Å². The molecule has 0 aromatic carbocycles. The summed E-state index contributed by atoms with van der Waals surface area (Å²) >= 11 is 0. The summed E-state index contributed by atoms with van der Waals surface area (Å²) in [6, 6.07) is 6.77. The average Bonchev–Trinajstić information content (AvgIpc) is 2.83. The number of aryl methyl sites for hydroxylation is 1. The molecule has 3 rings (SSSR count). The Morgan fingerprint density at radius 2 is 2.00 bits per heavy atom. The highest BCUT2D eigenvalue weighted by Crippen LogP contribution is 2.18. The number of nitrogens with zero attached hydrogens (tertiary/aromatic N) is 4. The lowest BCUT2D eigenvalue weighted by molar-refractivity contribution is 0.425. The van der Waals surface area contributed by atoms with Gasteiger partial charge in [-0.3, -0.25) is 4.98 Å². The smallest absolute Gasteiger partial charge is 0.423 e. The molecule has 20 heavy (non-hydrogen) atoms. The normalized spacial score (nSPS) is 10.9. The molecule has 0 bridgehead atoms. The van der Waals surface area contributed by atoms with Crippen molar-refractivity contribution in [3.05, 3.63) is 36.2 Å². The Kier molecular flexibility index (Phi) is 2.88. The average molecular weight is 269 g/mol. The molecule has 0 aliphatic carbocycles. The van der Waals surface area contributed by atoms with Gasteiger partial charge in [0.25, 0.3) is 0 Å². The molecular formula is C12H12BN5O2. The van der Waals surface area contributed by atoms with Crippen LogP contribution in [0.3, 0.4) is 0 Å². The van der Waals surface area contributed by atoms with Gasteiger partial charge in [0.2, 0.25) is 0 Å². The fourth-order valence-corrected chi connectivity index (χ4v) is 1.96. The molecule has 0 amide bonds. The lowest BCUT2D eigenvalue weighted by Gasteiger charge is -2.00. The molecule has 0 unspecified atom stereocenters. The molecule has 3 aromatic heterocycles. The maximum Gasteiger partial charge on any atom is 0.490 e. The van der Waals surface area contributed by atoms with Crippen molar-refractivity contribution in [2.45, 2.75) is 6.92 Å². The first kappa shape index (κ1) is 12.6. The van der Waals surface area contributed by atoms with Gasteiger partial charge in [0.1, 0.15) is 11.5 Å². The van der Waals surface area contributed by atoms with E-state index in [4.69, 9.17) is 15.8 Å². The molecule has 7 nitrogen and oxygen atoms in total. The van der Waals surface area contributed by atoms with Crippen LogP contribution in [0.2, 0.25) is 0 Å². The predicted octanol–water partition coefficient (Wildman–Crippen LogP) is -0.638. The van der Waals surface area contributed by atoms with Crippen LogP contribution in [0.15, 0.2) is 30.5 Å². The fraction of sp³-hybridized carbons (Fsp3) is 0.0833. The Balaban J connectivity index is 2.08. The van der Waals surface area contributed by atoms with E-state index in [0.717, 1.165) is 5.69 Å². The Bertz CT molecular complexity index is 769. The molecule has 0 saturated carbocycles. The van der Waals surface area contributed by atoms with Gasteiger partial charge < -0.3 is 15.8 Å². The number of fused-ring (bicyclic) bond motifs is 1. The molecular weight excluding hydrogens is 257 g/mol. The second kappa shape index (κ2) is 4.59. The molecule has 0 fully saturated rings. The van der Waals surface area contributed by atoms with Gasteiger partial charge in [0.15, 0.2) is 5.65 Å². The summed E-state index contributed by atoms with van der Waals surface area (Å²) in [4.78, 5) is 8.49. The van der Waals surface area contributed by atoms with Gasteiger partial charge in [-0.2, -0.15) is 9.61 Å². The van der Waals surface area contributed by atoms with E-state index in [1.54, 1.807) is 28.8 Å². The minimum absolute atomic E-state index is 0.325. The van der Waals surface area contributed by atoms with Crippen molar-refractivity contribution in [1.82, 2.24) is 19.6 Å². The van der Waals surface area contributed by atoms with E-state index < -0.39 is 7.12 Å². The van der Waals surface area contributed by atoms with Crippen molar-refractivity contribution >= 4 is 24.0 Å². The highest BCUT2D eigenvalue weighted by molar-refractivity contribution is 6.58. The SMILES string of the molecule is Cc1cc(N)n2nc(-c3ccc(B(O)O)cn3)cc2n1. The quantitative estimate of drug-likeness (QED) is 0.534. The first-order valence-corrected chi connectivity index (χ1v) is 6.00. The molecule has 0 aliphatic rings. The lowest BCUT2D eigenvalue weighted by atomic mass is 9.81. The topological polar surface area (TPSA) is 110 Å². The van der Waals surface area contributed by atoms with Crippen LogP contribution in [0, 0.1) is 6.92 Å². The third-order valence-corrected chi connectivity index (χ3v) is 2.93. The van der Waals surface area contributed by atoms with Crippen LogP contribution in [-0.2, 0) is 0 Å². The minimum atomic E-state index is -1.53. The maximum atomic E-state index is 9.04. The van der Waals surface area contributed by atoms with E-state index in [9.17, 15) is 0 Å². The second-order valence-corrected chi connectivity index (χ2v) is 4.47. The Morgan fingerprint density at radius 1 is 1.20 bits per heavy atom. The molecule has 100 valence electrons. The van der Waals surface area contributed by atoms with Crippen LogP contribution in [0.5, 0.6) is 0 Å². The van der Waals surface area contributed by atoms with Gasteiger partial charge in [0.05, 0.1) is 5.69 Å². The lowest BCUT2D eigenvalue weighted by Crippen LogP contribution is -2.29. The van der Waals surface area contributed by atoms with E-state index in [-0.39, 0.29) is 0 Å². The zero-order chi connectivity index (χ0) is 14.3. The molecule has 8 heteroatoms. The minimum Gasteiger partial charge on any atom is -0.423 e. The number of hydrogen-bond donors (Lipinski definition) is 3. The fourth-order valence-electron chi connectivity index (χ4n) is 1.96. The monoisotopic (exact) mass is 269 g/mol.